The third kappa shape index (κ3) is 2.53. The van der Waals surface area contributed by atoms with Crippen LogP contribution in [0.15, 0.2) is 0 Å². The Bertz CT molecular complexity index is 198. The Morgan fingerprint density at radius 2 is 2.23 bits per heavy atom. The summed E-state index contributed by atoms with van der Waals surface area (Å²) in [4.78, 5) is 13.5. The molecule has 1 rings (SSSR count). The van der Waals surface area contributed by atoms with Gasteiger partial charge in [0.25, 0.3) is 0 Å². The summed E-state index contributed by atoms with van der Waals surface area (Å²) in [5.41, 5.74) is 0. The Morgan fingerprint density at radius 1 is 1.62 bits per heavy atom. The van der Waals surface area contributed by atoms with Gasteiger partial charge in [0.1, 0.15) is 5.38 Å². The van der Waals surface area contributed by atoms with Crippen LogP contribution in [0.5, 0.6) is 0 Å². The number of hydrogen-bond donors (Lipinski definition) is 0. The SMILES string of the molecule is CC(Cl)C(=O)N1CCSC(C)C1C. The second-order valence-corrected chi connectivity index (χ2v) is 5.60. The van der Waals surface area contributed by atoms with Crippen molar-refractivity contribution in [3.05, 3.63) is 0 Å². The number of alkyl halides is 1. The van der Waals surface area contributed by atoms with E-state index in [4.69, 9.17) is 11.6 Å². The zero-order valence-electron chi connectivity index (χ0n) is 8.29. The Labute approximate surface area is 89.0 Å². The molecule has 0 spiro atoms. The molecule has 0 saturated carbocycles. The van der Waals surface area contributed by atoms with Gasteiger partial charge in [0.05, 0.1) is 0 Å². The van der Waals surface area contributed by atoms with Crippen LogP contribution in [-0.2, 0) is 4.79 Å². The maximum absolute atomic E-state index is 11.6. The van der Waals surface area contributed by atoms with Gasteiger partial charge in [-0.2, -0.15) is 11.8 Å². The molecule has 0 aliphatic carbocycles. The molecule has 0 bridgehead atoms. The van der Waals surface area contributed by atoms with E-state index in [1.165, 1.54) is 0 Å². The summed E-state index contributed by atoms with van der Waals surface area (Å²) in [7, 11) is 0. The molecule has 1 heterocycles. The van der Waals surface area contributed by atoms with Crippen LogP contribution in [0.4, 0.5) is 0 Å². The zero-order chi connectivity index (χ0) is 10.0. The van der Waals surface area contributed by atoms with Crippen LogP contribution in [0, 0.1) is 0 Å². The van der Waals surface area contributed by atoms with E-state index in [0.29, 0.717) is 11.3 Å². The summed E-state index contributed by atoms with van der Waals surface area (Å²) in [5, 5.41) is 0.130. The van der Waals surface area contributed by atoms with Gasteiger partial charge in [-0.3, -0.25) is 4.79 Å². The van der Waals surface area contributed by atoms with Gasteiger partial charge in [0.2, 0.25) is 5.91 Å². The van der Waals surface area contributed by atoms with Crippen LogP contribution in [0.2, 0.25) is 0 Å². The first-order valence-electron chi connectivity index (χ1n) is 4.60. The summed E-state index contributed by atoms with van der Waals surface area (Å²) in [5.74, 6) is 1.10. The Hall–Kier alpha value is 0.110. The summed E-state index contributed by atoms with van der Waals surface area (Å²) in [6.45, 7) is 6.83. The number of carbonyl (C=O) groups excluding carboxylic acids is 1. The third-order valence-electron chi connectivity index (χ3n) is 2.51. The van der Waals surface area contributed by atoms with Gasteiger partial charge >= 0.3 is 0 Å². The molecule has 0 aromatic rings. The largest absolute Gasteiger partial charge is 0.337 e. The van der Waals surface area contributed by atoms with E-state index in [1.54, 1.807) is 6.92 Å². The van der Waals surface area contributed by atoms with Gasteiger partial charge in [-0.25, -0.2) is 0 Å². The predicted molar refractivity (Wildman–Crippen MR) is 58.4 cm³/mol. The highest BCUT2D eigenvalue weighted by Gasteiger charge is 2.30. The third-order valence-corrected chi connectivity index (χ3v) is 4.03. The van der Waals surface area contributed by atoms with Gasteiger partial charge in [-0.05, 0) is 13.8 Å². The van der Waals surface area contributed by atoms with E-state index in [1.807, 2.05) is 16.7 Å². The van der Waals surface area contributed by atoms with Crippen molar-refractivity contribution in [1.29, 1.82) is 0 Å². The van der Waals surface area contributed by atoms with Crippen LogP contribution < -0.4 is 0 Å². The number of hydrogen-bond acceptors (Lipinski definition) is 2. The first-order valence-corrected chi connectivity index (χ1v) is 6.08. The van der Waals surface area contributed by atoms with Crippen molar-refractivity contribution in [2.75, 3.05) is 12.3 Å². The molecular formula is C9H16ClNOS. The van der Waals surface area contributed by atoms with Crippen molar-refractivity contribution in [2.45, 2.75) is 37.4 Å². The fraction of sp³-hybridized carbons (Fsp3) is 0.889. The molecule has 0 aromatic carbocycles. The van der Waals surface area contributed by atoms with E-state index < -0.39 is 5.38 Å². The monoisotopic (exact) mass is 221 g/mol. The minimum Gasteiger partial charge on any atom is -0.337 e. The molecule has 0 radical (unpaired) electrons. The van der Waals surface area contributed by atoms with E-state index in [2.05, 4.69) is 13.8 Å². The summed E-state index contributed by atoms with van der Waals surface area (Å²) < 4.78 is 0. The molecule has 3 unspecified atom stereocenters. The lowest BCUT2D eigenvalue weighted by atomic mass is 10.2. The molecule has 1 amide bonds. The molecule has 76 valence electrons. The van der Waals surface area contributed by atoms with E-state index in [0.717, 1.165) is 12.3 Å². The second kappa shape index (κ2) is 4.56. The predicted octanol–water partition coefficient (Wildman–Crippen LogP) is 1.97. The normalized spacial score (nSPS) is 31.5. The van der Waals surface area contributed by atoms with Gasteiger partial charge in [-0.1, -0.05) is 6.92 Å². The first kappa shape index (κ1) is 11.2. The number of halogens is 1. The summed E-state index contributed by atoms with van der Waals surface area (Å²) in [6, 6.07) is 0.312. The van der Waals surface area contributed by atoms with E-state index in [9.17, 15) is 4.79 Å². The first-order chi connectivity index (χ1) is 6.04. The zero-order valence-corrected chi connectivity index (χ0v) is 9.86. The van der Waals surface area contributed by atoms with Crippen LogP contribution in [-0.4, -0.2) is 39.8 Å². The highest BCUT2D eigenvalue weighted by Crippen LogP contribution is 2.25. The molecule has 4 heteroatoms. The quantitative estimate of drug-likeness (QED) is 0.631. The van der Waals surface area contributed by atoms with E-state index >= 15 is 0 Å². The topological polar surface area (TPSA) is 20.3 Å². The molecule has 1 fully saturated rings. The molecule has 1 saturated heterocycles. The summed E-state index contributed by atoms with van der Waals surface area (Å²) in [6.07, 6.45) is 0. The van der Waals surface area contributed by atoms with Crippen molar-refractivity contribution in [1.82, 2.24) is 4.90 Å². The smallest absolute Gasteiger partial charge is 0.240 e. The highest BCUT2D eigenvalue weighted by molar-refractivity contribution is 8.00. The molecule has 1 aliphatic rings. The van der Waals surface area contributed by atoms with Crippen LogP contribution in [0.3, 0.4) is 0 Å². The van der Waals surface area contributed by atoms with Crippen LogP contribution in [0.25, 0.3) is 0 Å². The molecule has 0 aromatic heterocycles. The van der Waals surface area contributed by atoms with Gasteiger partial charge < -0.3 is 4.90 Å². The van der Waals surface area contributed by atoms with Crippen molar-refractivity contribution >= 4 is 29.3 Å². The number of amides is 1. The minimum atomic E-state index is -0.391. The Balaban J connectivity index is 2.62. The molecule has 1 aliphatic heterocycles. The second-order valence-electron chi connectivity index (χ2n) is 3.46. The fourth-order valence-electron chi connectivity index (χ4n) is 1.47. The molecule has 3 atom stereocenters. The number of carbonyl (C=O) groups is 1. The lowest BCUT2D eigenvalue weighted by Gasteiger charge is -2.38. The number of rotatable bonds is 1. The highest BCUT2D eigenvalue weighted by atomic mass is 35.5. The van der Waals surface area contributed by atoms with E-state index in [-0.39, 0.29) is 5.91 Å². The Morgan fingerprint density at radius 3 is 2.77 bits per heavy atom. The maximum Gasteiger partial charge on any atom is 0.240 e. The molecular weight excluding hydrogens is 206 g/mol. The maximum atomic E-state index is 11.6. The van der Waals surface area contributed by atoms with Crippen molar-refractivity contribution < 1.29 is 4.79 Å². The van der Waals surface area contributed by atoms with Crippen molar-refractivity contribution in [3.8, 4) is 0 Å². The average Bonchev–Trinajstić information content (AvgIpc) is 2.08. The number of thioether (sulfide) groups is 1. The Kier molecular flexibility index (Phi) is 3.92. The minimum absolute atomic E-state index is 0.0707. The molecule has 2 nitrogen and oxygen atoms in total. The van der Waals surface area contributed by atoms with Crippen LogP contribution in [0.1, 0.15) is 20.8 Å². The fourth-order valence-corrected chi connectivity index (χ4v) is 2.70. The molecule has 0 N–H and O–H groups in total. The summed E-state index contributed by atoms with van der Waals surface area (Å²) >= 11 is 7.70. The average molecular weight is 222 g/mol. The van der Waals surface area contributed by atoms with Gasteiger partial charge in [-0.15, -0.1) is 11.6 Å². The molecule has 13 heavy (non-hydrogen) atoms. The van der Waals surface area contributed by atoms with Gasteiger partial charge in [0, 0.05) is 23.6 Å². The van der Waals surface area contributed by atoms with Crippen molar-refractivity contribution in [3.63, 3.8) is 0 Å². The number of nitrogens with zero attached hydrogens (tertiary/aromatic N) is 1. The van der Waals surface area contributed by atoms with Crippen LogP contribution >= 0.6 is 23.4 Å². The standard InChI is InChI=1S/C9H16ClNOS/c1-6(10)9(12)11-4-5-13-8(3)7(11)2/h6-8H,4-5H2,1-3H3. The lowest BCUT2D eigenvalue weighted by Crippen LogP contribution is -2.50. The van der Waals surface area contributed by atoms with Gasteiger partial charge in [0.15, 0.2) is 0 Å². The van der Waals surface area contributed by atoms with Crippen molar-refractivity contribution in [2.24, 2.45) is 0 Å². The lowest BCUT2D eigenvalue weighted by molar-refractivity contribution is -0.132.